The van der Waals surface area contributed by atoms with Gasteiger partial charge in [-0.3, -0.25) is 4.79 Å². The van der Waals surface area contributed by atoms with Gasteiger partial charge in [0.05, 0.1) is 23.8 Å². The molecule has 0 radical (unpaired) electrons. The predicted octanol–water partition coefficient (Wildman–Crippen LogP) is 3.24. The summed E-state index contributed by atoms with van der Waals surface area (Å²) in [4.78, 5) is 26.0. The number of benzene rings is 1. The van der Waals surface area contributed by atoms with Gasteiger partial charge in [0.1, 0.15) is 16.9 Å². The van der Waals surface area contributed by atoms with Crippen LogP contribution in [0.4, 0.5) is 0 Å². The molecular weight excluding hydrogens is 346 g/mol. The third-order valence-electron chi connectivity index (χ3n) is 4.89. The van der Waals surface area contributed by atoms with Crippen molar-refractivity contribution in [3.63, 3.8) is 0 Å². The zero-order valence-electron chi connectivity index (χ0n) is 14.5. The molecule has 1 aliphatic rings. The van der Waals surface area contributed by atoms with Gasteiger partial charge >= 0.3 is 5.97 Å². The fourth-order valence-corrected chi connectivity index (χ4v) is 3.76. The lowest BCUT2D eigenvalue weighted by Crippen LogP contribution is -2.33. The molecule has 0 saturated heterocycles. The fraction of sp³-hybridized carbons (Fsp3) is 0.150. The molecule has 27 heavy (non-hydrogen) atoms. The number of amides is 1. The molecule has 0 atom stereocenters. The highest BCUT2D eigenvalue weighted by atomic mass is 16.4. The van der Waals surface area contributed by atoms with Crippen LogP contribution in [-0.2, 0) is 13.1 Å². The monoisotopic (exact) mass is 361 g/mol. The van der Waals surface area contributed by atoms with E-state index in [4.69, 9.17) is 4.42 Å². The maximum Gasteiger partial charge on any atom is 0.339 e. The second-order valence-corrected chi connectivity index (χ2v) is 6.79. The SMILES string of the molecule is Cc1cc(C(=O)O)c2oc(CN3Cc4cccn5ncc(c45)C3=O)cc2c1. The van der Waals surface area contributed by atoms with Crippen LogP contribution < -0.4 is 0 Å². The summed E-state index contributed by atoms with van der Waals surface area (Å²) in [7, 11) is 0. The molecule has 4 aromatic rings. The summed E-state index contributed by atoms with van der Waals surface area (Å²) in [5.74, 6) is -0.595. The minimum atomic E-state index is -1.03. The minimum Gasteiger partial charge on any atom is -0.478 e. The van der Waals surface area contributed by atoms with E-state index >= 15 is 0 Å². The van der Waals surface area contributed by atoms with Gasteiger partial charge in [-0.2, -0.15) is 5.10 Å². The summed E-state index contributed by atoms with van der Waals surface area (Å²) < 4.78 is 7.52. The smallest absolute Gasteiger partial charge is 0.339 e. The molecule has 3 aromatic heterocycles. The molecule has 0 spiro atoms. The van der Waals surface area contributed by atoms with Crippen LogP contribution in [0.1, 0.15) is 37.6 Å². The van der Waals surface area contributed by atoms with Crippen LogP contribution in [0.15, 0.2) is 47.1 Å². The van der Waals surface area contributed by atoms with Crippen molar-refractivity contribution >= 4 is 28.4 Å². The van der Waals surface area contributed by atoms with Gasteiger partial charge in [-0.15, -0.1) is 0 Å². The second-order valence-electron chi connectivity index (χ2n) is 6.79. The molecule has 0 fully saturated rings. The molecule has 1 aliphatic heterocycles. The standard InChI is InChI=1S/C20H15N3O4/c1-11-5-13-7-14(27-18(13)15(6-11)20(25)26)10-22-9-12-3-2-4-23-17(12)16(8-21-23)19(22)24/h2-8H,9-10H2,1H3,(H,25,26). The summed E-state index contributed by atoms with van der Waals surface area (Å²) in [6.45, 7) is 2.55. The van der Waals surface area contributed by atoms with Crippen molar-refractivity contribution in [3.05, 3.63) is 70.7 Å². The van der Waals surface area contributed by atoms with Gasteiger partial charge in [-0.25, -0.2) is 9.31 Å². The van der Waals surface area contributed by atoms with E-state index in [1.165, 1.54) is 0 Å². The molecule has 0 unspecified atom stereocenters. The van der Waals surface area contributed by atoms with Gasteiger partial charge in [0.2, 0.25) is 0 Å². The molecule has 1 aromatic carbocycles. The Hall–Kier alpha value is -3.61. The molecular formula is C20H15N3O4. The number of nitrogens with zero attached hydrogens (tertiary/aromatic N) is 3. The van der Waals surface area contributed by atoms with Gasteiger partial charge in [-0.05, 0) is 42.3 Å². The number of furan rings is 1. The van der Waals surface area contributed by atoms with Gasteiger partial charge in [0, 0.05) is 18.1 Å². The number of fused-ring (bicyclic) bond motifs is 1. The van der Waals surface area contributed by atoms with E-state index in [1.807, 2.05) is 31.3 Å². The van der Waals surface area contributed by atoms with E-state index in [-0.39, 0.29) is 18.0 Å². The first-order chi connectivity index (χ1) is 13.0. The highest BCUT2D eigenvalue weighted by Crippen LogP contribution is 2.29. The summed E-state index contributed by atoms with van der Waals surface area (Å²) in [5, 5.41) is 14.4. The summed E-state index contributed by atoms with van der Waals surface area (Å²) in [6, 6.07) is 9.14. The number of hydrogen-bond acceptors (Lipinski definition) is 4. The van der Waals surface area contributed by atoms with Crippen molar-refractivity contribution in [2.24, 2.45) is 0 Å². The second kappa shape index (κ2) is 5.44. The Balaban J connectivity index is 1.53. The maximum atomic E-state index is 12.8. The van der Waals surface area contributed by atoms with Crippen LogP contribution in [0.5, 0.6) is 0 Å². The van der Waals surface area contributed by atoms with E-state index in [9.17, 15) is 14.7 Å². The van der Waals surface area contributed by atoms with E-state index in [2.05, 4.69) is 5.10 Å². The van der Waals surface area contributed by atoms with Crippen molar-refractivity contribution in [3.8, 4) is 0 Å². The number of pyridine rings is 1. The van der Waals surface area contributed by atoms with Crippen molar-refractivity contribution in [2.45, 2.75) is 20.0 Å². The summed E-state index contributed by atoms with van der Waals surface area (Å²) >= 11 is 0. The molecule has 0 saturated carbocycles. The topological polar surface area (TPSA) is 88.1 Å². The Morgan fingerprint density at radius 2 is 2.19 bits per heavy atom. The molecule has 4 heterocycles. The molecule has 134 valence electrons. The third-order valence-corrected chi connectivity index (χ3v) is 4.89. The number of aromatic carboxylic acids is 1. The number of carbonyl (C=O) groups is 2. The first-order valence-electron chi connectivity index (χ1n) is 8.52. The Labute approximate surface area is 153 Å². The lowest BCUT2D eigenvalue weighted by molar-refractivity contribution is 0.0690. The molecule has 0 bridgehead atoms. The Morgan fingerprint density at radius 1 is 1.33 bits per heavy atom. The maximum absolute atomic E-state index is 12.8. The Morgan fingerprint density at radius 3 is 3.00 bits per heavy atom. The first kappa shape index (κ1) is 15.6. The first-order valence-corrected chi connectivity index (χ1v) is 8.52. The van der Waals surface area contributed by atoms with E-state index < -0.39 is 5.97 Å². The van der Waals surface area contributed by atoms with Gasteiger partial charge in [0.15, 0.2) is 0 Å². The largest absolute Gasteiger partial charge is 0.478 e. The number of aryl methyl sites for hydroxylation is 1. The fourth-order valence-electron chi connectivity index (χ4n) is 3.76. The summed E-state index contributed by atoms with van der Waals surface area (Å²) in [6.07, 6.45) is 3.40. The Bertz CT molecular complexity index is 1250. The van der Waals surface area contributed by atoms with Crippen LogP contribution >= 0.6 is 0 Å². The molecule has 1 amide bonds. The van der Waals surface area contributed by atoms with Crippen molar-refractivity contribution in [2.75, 3.05) is 0 Å². The van der Waals surface area contributed by atoms with Crippen LogP contribution in [0.2, 0.25) is 0 Å². The molecule has 7 nitrogen and oxygen atoms in total. The molecule has 5 rings (SSSR count). The average Bonchev–Trinajstić information content (AvgIpc) is 3.23. The molecule has 7 heteroatoms. The lowest BCUT2D eigenvalue weighted by Gasteiger charge is -2.25. The number of carbonyl (C=O) groups excluding carboxylic acids is 1. The van der Waals surface area contributed by atoms with Gasteiger partial charge < -0.3 is 14.4 Å². The molecule has 1 N–H and O–H groups in total. The van der Waals surface area contributed by atoms with Crippen LogP contribution in [-0.4, -0.2) is 31.5 Å². The average molecular weight is 361 g/mol. The highest BCUT2D eigenvalue weighted by molar-refractivity contribution is 6.03. The lowest BCUT2D eigenvalue weighted by atomic mass is 10.1. The van der Waals surface area contributed by atoms with E-state index in [0.29, 0.717) is 23.5 Å². The van der Waals surface area contributed by atoms with E-state index in [1.54, 1.807) is 27.7 Å². The van der Waals surface area contributed by atoms with Gasteiger partial charge in [-0.1, -0.05) is 6.07 Å². The van der Waals surface area contributed by atoms with Crippen molar-refractivity contribution in [1.29, 1.82) is 0 Å². The zero-order chi connectivity index (χ0) is 18.7. The van der Waals surface area contributed by atoms with Crippen LogP contribution in [0.25, 0.3) is 16.5 Å². The van der Waals surface area contributed by atoms with Crippen molar-refractivity contribution < 1.29 is 19.1 Å². The summed E-state index contributed by atoms with van der Waals surface area (Å²) in [5.41, 5.74) is 3.73. The minimum absolute atomic E-state index is 0.112. The Kier molecular flexibility index (Phi) is 3.15. The van der Waals surface area contributed by atoms with Gasteiger partial charge in [0.25, 0.3) is 5.91 Å². The number of aromatic nitrogens is 2. The van der Waals surface area contributed by atoms with E-state index in [0.717, 1.165) is 22.0 Å². The highest BCUT2D eigenvalue weighted by Gasteiger charge is 2.28. The van der Waals surface area contributed by atoms with Crippen LogP contribution in [0.3, 0.4) is 0 Å². The number of carboxylic acids is 1. The quantitative estimate of drug-likeness (QED) is 0.605. The normalized spacial score (nSPS) is 13.7. The third kappa shape index (κ3) is 2.32. The van der Waals surface area contributed by atoms with Crippen molar-refractivity contribution in [1.82, 2.24) is 14.5 Å². The number of rotatable bonds is 3. The molecule has 0 aliphatic carbocycles. The number of carboxylic acid groups (broad SMARTS) is 1. The zero-order valence-corrected chi connectivity index (χ0v) is 14.5. The predicted molar refractivity (Wildman–Crippen MR) is 96.7 cm³/mol. The van der Waals surface area contributed by atoms with Crippen LogP contribution in [0, 0.1) is 6.92 Å². The number of hydrogen-bond donors (Lipinski definition) is 1.